The van der Waals surface area contributed by atoms with Gasteiger partial charge in [0.1, 0.15) is 12.1 Å². The lowest BCUT2D eigenvalue weighted by molar-refractivity contribution is -0.121. The number of aromatic nitrogens is 3. The number of aromatic amines is 1. The van der Waals surface area contributed by atoms with Gasteiger partial charge in [0.25, 0.3) is 0 Å². The maximum absolute atomic E-state index is 15.3. The first kappa shape index (κ1) is 20.2. The van der Waals surface area contributed by atoms with Crippen molar-refractivity contribution in [3.8, 4) is 0 Å². The second-order valence-electron chi connectivity index (χ2n) is 8.35. The summed E-state index contributed by atoms with van der Waals surface area (Å²) in [5.74, 6) is -0.141. The molecule has 1 N–H and O–H groups in total. The molecule has 0 saturated carbocycles. The van der Waals surface area contributed by atoms with Gasteiger partial charge in [0.15, 0.2) is 0 Å². The van der Waals surface area contributed by atoms with E-state index in [2.05, 4.69) is 35.9 Å². The largest absolute Gasteiger partial charge is 0.379 e. The molecule has 2 fully saturated rings. The number of hydrazine groups is 1. The van der Waals surface area contributed by atoms with Crippen molar-refractivity contribution in [1.29, 1.82) is 0 Å². The molecule has 9 heteroatoms. The zero-order valence-corrected chi connectivity index (χ0v) is 18.5. The molecule has 2 aliphatic heterocycles. The quantitative estimate of drug-likeness (QED) is 0.512. The van der Waals surface area contributed by atoms with Crippen LogP contribution in [0, 0.1) is 5.82 Å². The van der Waals surface area contributed by atoms with Crippen molar-refractivity contribution >= 4 is 32.5 Å². The third kappa shape index (κ3) is 3.70. The maximum Gasteiger partial charge on any atom is 0.128 e. The molecule has 32 heavy (non-hydrogen) atoms. The number of fused-ring (bicyclic) bond motifs is 2. The molecule has 2 aliphatic rings. The van der Waals surface area contributed by atoms with Gasteiger partial charge in [-0.05, 0) is 24.3 Å². The van der Waals surface area contributed by atoms with Gasteiger partial charge < -0.3 is 9.72 Å². The molecule has 4 aromatic rings. The Morgan fingerprint density at radius 3 is 2.91 bits per heavy atom. The molecule has 0 amide bonds. The van der Waals surface area contributed by atoms with Crippen molar-refractivity contribution in [3.63, 3.8) is 0 Å². The number of nitrogens with zero attached hydrogens (tertiary/aromatic N) is 5. The Morgan fingerprint density at radius 1 is 1.12 bits per heavy atom. The molecule has 3 aromatic heterocycles. The van der Waals surface area contributed by atoms with Gasteiger partial charge in [-0.15, -0.1) is 11.3 Å². The van der Waals surface area contributed by atoms with Crippen LogP contribution in [-0.4, -0.2) is 75.8 Å². The molecule has 0 spiro atoms. The van der Waals surface area contributed by atoms with Gasteiger partial charge in [0.2, 0.25) is 0 Å². The average molecular weight is 453 g/mol. The molecule has 0 radical (unpaired) electrons. The van der Waals surface area contributed by atoms with E-state index in [1.54, 1.807) is 23.7 Å². The summed E-state index contributed by atoms with van der Waals surface area (Å²) in [7, 11) is 0. The summed E-state index contributed by atoms with van der Waals surface area (Å²) in [5, 5.41) is 5.73. The van der Waals surface area contributed by atoms with Gasteiger partial charge in [0.05, 0.1) is 29.5 Å². The Labute approximate surface area is 189 Å². The number of ether oxygens (including phenoxy) is 1. The van der Waals surface area contributed by atoms with Gasteiger partial charge >= 0.3 is 0 Å². The lowest BCUT2D eigenvalue weighted by Crippen LogP contribution is -2.57. The Bertz CT molecular complexity index is 1200. The van der Waals surface area contributed by atoms with Crippen LogP contribution in [0.15, 0.2) is 43.0 Å². The van der Waals surface area contributed by atoms with Crippen LogP contribution in [0.1, 0.15) is 16.5 Å². The zero-order chi connectivity index (χ0) is 21.5. The van der Waals surface area contributed by atoms with Gasteiger partial charge in [-0.1, -0.05) is 0 Å². The number of piperazine rings is 1. The van der Waals surface area contributed by atoms with Gasteiger partial charge in [-0.25, -0.2) is 24.4 Å². The summed E-state index contributed by atoms with van der Waals surface area (Å²) in [6.07, 6.45) is 5.35. The van der Waals surface area contributed by atoms with Crippen LogP contribution in [0.3, 0.4) is 0 Å². The normalized spacial score (nSPS) is 21.6. The highest BCUT2D eigenvalue weighted by Gasteiger charge is 2.34. The van der Waals surface area contributed by atoms with Gasteiger partial charge in [-0.3, -0.25) is 4.90 Å². The Hall–Kier alpha value is -2.43. The molecule has 1 aromatic carbocycles. The van der Waals surface area contributed by atoms with Crippen molar-refractivity contribution in [2.45, 2.75) is 12.6 Å². The SMILES string of the molecule is Fc1ccc2[nH]ccc2c1C1CN(N2CCOCC2)CCN1Cc1cc2ncncc2s1. The first-order valence-electron chi connectivity index (χ1n) is 11.0. The van der Waals surface area contributed by atoms with Crippen molar-refractivity contribution in [3.05, 3.63) is 59.2 Å². The van der Waals surface area contributed by atoms with Crippen molar-refractivity contribution in [2.24, 2.45) is 0 Å². The van der Waals surface area contributed by atoms with Crippen LogP contribution >= 0.6 is 11.3 Å². The van der Waals surface area contributed by atoms with E-state index in [1.807, 2.05) is 24.5 Å². The van der Waals surface area contributed by atoms with E-state index >= 15 is 4.39 Å². The first-order chi connectivity index (χ1) is 15.8. The van der Waals surface area contributed by atoms with E-state index in [9.17, 15) is 0 Å². The zero-order valence-electron chi connectivity index (χ0n) is 17.7. The van der Waals surface area contributed by atoms with Crippen LogP contribution in [0.2, 0.25) is 0 Å². The Balaban J connectivity index is 1.36. The van der Waals surface area contributed by atoms with Crippen LogP contribution < -0.4 is 0 Å². The maximum atomic E-state index is 15.3. The molecular formula is C23H25FN6OS. The number of hydrogen-bond donors (Lipinski definition) is 1. The van der Waals surface area contributed by atoms with Crippen molar-refractivity contribution in [1.82, 2.24) is 29.9 Å². The number of rotatable bonds is 4. The number of thiophene rings is 1. The minimum atomic E-state index is -0.141. The molecular weight excluding hydrogens is 427 g/mol. The minimum Gasteiger partial charge on any atom is -0.379 e. The summed E-state index contributed by atoms with van der Waals surface area (Å²) in [5.41, 5.74) is 2.73. The molecule has 6 rings (SSSR count). The summed E-state index contributed by atoms with van der Waals surface area (Å²) >= 11 is 1.72. The second-order valence-corrected chi connectivity index (χ2v) is 9.52. The minimum absolute atomic E-state index is 0.0533. The molecule has 166 valence electrons. The fourth-order valence-corrected chi connectivity index (χ4v) is 5.96. The number of benzene rings is 1. The number of hydrogen-bond acceptors (Lipinski definition) is 7. The number of H-pyrrole nitrogens is 1. The monoisotopic (exact) mass is 452 g/mol. The summed E-state index contributed by atoms with van der Waals surface area (Å²) < 4.78 is 22.0. The molecule has 1 atom stereocenters. The van der Waals surface area contributed by atoms with Crippen molar-refractivity contribution in [2.75, 3.05) is 45.9 Å². The summed E-state index contributed by atoms with van der Waals surface area (Å²) in [4.78, 5) is 15.4. The Morgan fingerprint density at radius 2 is 2.03 bits per heavy atom. The smallest absolute Gasteiger partial charge is 0.128 e. The second kappa shape index (κ2) is 8.49. The highest BCUT2D eigenvalue weighted by atomic mass is 32.1. The van der Waals surface area contributed by atoms with E-state index in [0.29, 0.717) is 0 Å². The van der Waals surface area contributed by atoms with E-state index in [4.69, 9.17) is 4.74 Å². The van der Waals surface area contributed by atoms with Crippen LogP contribution in [0.25, 0.3) is 21.1 Å². The van der Waals surface area contributed by atoms with E-state index in [-0.39, 0.29) is 11.9 Å². The lowest BCUT2D eigenvalue weighted by atomic mass is 9.98. The van der Waals surface area contributed by atoms with Crippen LogP contribution in [0.5, 0.6) is 0 Å². The highest BCUT2D eigenvalue weighted by Crippen LogP contribution is 2.36. The number of nitrogens with one attached hydrogen (secondary N) is 1. The molecule has 0 bridgehead atoms. The fraction of sp³-hybridized carbons (Fsp3) is 0.391. The molecule has 1 unspecified atom stereocenters. The molecule has 5 heterocycles. The Kier molecular flexibility index (Phi) is 5.36. The average Bonchev–Trinajstić information content (AvgIpc) is 3.46. The third-order valence-corrected chi connectivity index (χ3v) is 7.56. The predicted molar refractivity (Wildman–Crippen MR) is 123 cm³/mol. The van der Waals surface area contributed by atoms with Gasteiger partial charge in [0, 0.05) is 73.0 Å². The first-order valence-corrected chi connectivity index (χ1v) is 11.8. The molecule has 0 aliphatic carbocycles. The van der Waals surface area contributed by atoms with Crippen LogP contribution in [-0.2, 0) is 11.3 Å². The summed E-state index contributed by atoms with van der Waals surface area (Å²) in [6.45, 7) is 6.57. The number of morpholine rings is 1. The van der Waals surface area contributed by atoms with E-state index < -0.39 is 0 Å². The fourth-order valence-electron chi connectivity index (χ4n) is 4.95. The highest BCUT2D eigenvalue weighted by molar-refractivity contribution is 7.18. The topological polar surface area (TPSA) is 60.5 Å². The van der Waals surface area contributed by atoms with E-state index in [1.165, 1.54) is 4.88 Å². The van der Waals surface area contributed by atoms with Crippen LogP contribution in [0.4, 0.5) is 4.39 Å². The van der Waals surface area contributed by atoms with E-state index in [0.717, 1.165) is 79.2 Å². The van der Waals surface area contributed by atoms with Gasteiger partial charge in [-0.2, -0.15) is 0 Å². The predicted octanol–water partition coefficient (Wildman–Crippen LogP) is 3.42. The lowest BCUT2D eigenvalue weighted by Gasteiger charge is -2.46. The molecule has 2 saturated heterocycles. The summed E-state index contributed by atoms with van der Waals surface area (Å²) in [6, 6.07) is 7.50. The number of halogens is 1. The standard InChI is InChI=1S/C23H25FN6OS/c24-18-1-2-19-17(3-4-26-19)23(18)21-14-30(29-7-9-31-10-8-29)6-5-28(21)13-16-11-20-22(32-16)12-25-15-27-20/h1-4,11-12,15,21,26H,5-10,13-14H2. The van der Waals surface area contributed by atoms with Crippen molar-refractivity contribution < 1.29 is 9.13 Å². The third-order valence-electron chi connectivity index (χ3n) is 6.52. The molecule has 7 nitrogen and oxygen atoms in total.